The average Bonchev–Trinajstić information content (AvgIpc) is 2.80. The second-order valence-electron chi connectivity index (χ2n) is 8.09. The predicted octanol–water partition coefficient (Wildman–Crippen LogP) is 5.21. The van der Waals surface area contributed by atoms with E-state index in [1.807, 2.05) is 73.6 Å². The van der Waals surface area contributed by atoms with Gasteiger partial charge < -0.3 is 19.5 Å². The standard InChI is InChI=1S/C28H33NO3/c1-29(2)20-26(30)22-32-28-19-11-9-17-25(28)15-7-6-14-24-16-8-10-18-27(24)31-21-23-12-4-3-5-13-23/h3-5,7-13,15-19,26,30H,6,14,20-22H2,1-2H3. The summed E-state index contributed by atoms with van der Waals surface area (Å²) in [6.45, 7) is 1.41. The van der Waals surface area contributed by atoms with Crippen LogP contribution >= 0.6 is 0 Å². The van der Waals surface area contributed by atoms with Gasteiger partial charge in [-0.25, -0.2) is 0 Å². The van der Waals surface area contributed by atoms with Gasteiger partial charge in [0.15, 0.2) is 0 Å². The largest absolute Gasteiger partial charge is 0.490 e. The van der Waals surface area contributed by atoms with E-state index in [1.54, 1.807) is 0 Å². The fourth-order valence-corrected chi connectivity index (χ4v) is 3.45. The summed E-state index contributed by atoms with van der Waals surface area (Å²) in [7, 11) is 3.87. The molecule has 3 aromatic carbocycles. The van der Waals surface area contributed by atoms with Gasteiger partial charge in [-0.3, -0.25) is 0 Å². The summed E-state index contributed by atoms with van der Waals surface area (Å²) >= 11 is 0. The van der Waals surface area contributed by atoms with Crippen LogP contribution in [0.1, 0.15) is 23.1 Å². The van der Waals surface area contributed by atoms with Gasteiger partial charge in [-0.1, -0.05) is 78.9 Å². The molecule has 0 radical (unpaired) electrons. The third-order valence-electron chi connectivity index (χ3n) is 5.01. The monoisotopic (exact) mass is 431 g/mol. The van der Waals surface area contributed by atoms with Crippen LogP contribution in [0.5, 0.6) is 11.5 Å². The van der Waals surface area contributed by atoms with Gasteiger partial charge >= 0.3 is 0 Å². The second kappa shape index (κ2) is 12.7. The van der Waals surface area contributed by atoms with Gasteiger partial charge in [0.1, 0.15) is 30.8 Å². The molecule has 0 saturated heterocycles. The van der Waals surface area contributed by atoms with Crippen LogP contribution in [-0.4, -0.2) is 43.4 Å². The zero-order valence-electron chi connectivity index (χ0n) is 19.0. The van der Waals surface area contributed by atoms with Crippen molar-refractivity contribution in [2.24, 2.45) is 0 Å². The van der Waals surface area contributed by atoms with E-state index in [2.05, 4.69) is 36.4 Å². The lowest BCUT2D eigenvalue weighted by Crippen LogP contribution is -2.30. The number of rotatable bonds is 12. The molecule has 0 amide bonds. The Morgan fingerprint density at radius 2 is 1.53 bits per heavy atom. The van der Waals surface area contributed by atoms with Crippen LogP contribution in [0, 0.1) is 0 Å². The molecule has 168 valence electrons. The molecule has 32 heavy (non-hydrogen) atoms. The van der Waals surface area contributed by atoms with Crippen LogP contribution in [0.15, 0.2) is 84.9 Å². The van der Waals surface area contributed by atoms with Crippen molar-refractivity contribution < 1.29 is 14.6 Å². The van der Waals surface area contributed by atoms with Crippen LogP contribution in [0.3, 0.4) is 0 Å². The van der Waals surface area contributed by atoms with E-state index in [1.165, 1.54) is 5.56 Å². The van der Waals surface area contributed by atoms with Gasteiger partial charge in [-0.05, 0) is 50.2 Å². The van der Waals surface area contributed by atoms with E-state index in [0.717, 1.165) is 35.5 Å². The highest BCUT2D eigenvalue weighted by Gasteiger charge is 2.08. The predicted molar refractivity (Wildman–Crippen MR) is 131 cm³/mol. The van der Waals surface area contributed by atoms with Crippen LogP contribution in [0.2, 0.25) is 0 Å². The first-order valence-corrected chi connectivity index (χ1v) is 11.1. The SMILES string of the molecule is CN(C)CC(O)COc1ccccc1C=CCCc1ccccc1OCc1ccccc1. The van der Waals surface area contributed by atoms with Crippen LogP contribution in [-0.2, 0) is 13.0 Å². The van der Waals surface area contributed by atoms with E-state index >= 15 is 0 Å². The van der Waals surface area contributed by atoms with E-state index in [0.29, 0.717) is 13.2 Å². The smallest absolute Gasteiger partial charge is 0.126 e. The van der Waals surface area contributed by atoms with Gasteiger partial charge in [-0.15, -0.1) is 0 Å². The Morgan fingerprint density at radius 1 is 0.844 bits per heavy atom. The molecule has 0 aliphatic heterocycles. The minimum Gasteiger partial charge on any atom is -0.490 e. The van der Waals surface area contributed by atoms with Crippen LogP contribution < -0.4 is 9.47 Å². The first kappa shape index (κ1) is 23.6. The highest BCUT2D eigenvalue weighted by atomic mass is 16.5. The number of allylic oxidation sites excluding steroid dienone is 1. The van der Waals surface area contributed by atoms with Gasteiger partial charge in [0.05, 0.1) is 0 Å². The fraction of sp³-hybridized carbons (Fsp3) is 0.286. The van der Waals surface area contributed by atoms with Crippen molar-refractivity contribution in [3.05, 3.63) is 102 Å². The number of aliphatic hydroxyl groups excluding tert-OH is 1. The number of hydrogen-bond donors (Lipinski definition) is 1. The van der Waals surface area contributed by atoms with Crippen molar-refractivity contribution in [1.82, 2.24) is 4.90 Å². The van der Waals surface area contributed by atoms with E-state index in [9.17, 15) is 5.11 Å². The Labute approximate surface area is 191 Å². The van der Waals surface area contributed by atoms with Crippen molar-refractivity contribution >= 4 is 6.08 Å². The average molecular weight is 432 g/mol. The van der Waals surface area contributed by atoms with Crippen LogP contribution in [0.25, 0.3) is 6.08 Å². The molecule has 3 rings (SSSR count). The second-order valence-corrected chi connectivity index (χ2v) is 8.09. The topological polar surface area (TPSA) is 41.9 Å². The molecular formula is C28H33NO3. The third kappa shape index (κ3) is 7.88. The van der Waals surface area contributed by atoms with Gasteiger partial charge in [-0.2, -0.15) is 0 Å². The van der Waals surface area contributed by atoms with Crippen molar-refractivity contribution in [3.63, 3.8) is 0 Å². The number of aliphatic hydroxyl groups is 1. The minimum absolute atomic E-state index is 0.273. The quantitative estimate of drug-likeness (QED) is 0.427. The minimum atomic E-state index is -0.519. The number of likely N-dealkylation sites (N-methyl/N-ethyl adjacent to an activating group) is 1. The Kier molecular flexibility index (Phi) is 9.36. The molecule has 0 heterocycles. The normalized spacial score (nSPS) is 12.2. The Morgan fingerprint density at radius 3 is 2.31 bits per heavy atom. The van der Waals surface area contributed by atoms with E-state index in [-0.39, 0.29) is 6.61 Å². The summed E-state index contributed by atoms with van der Waals surface area (Å²) in [5.74, 6) is 1.72. The maximum absolute atomic E-state index is 10.1. The van der Waals surface area contributed by atoms with Crippen molar-refractivity contribution in [2.45, 2.75) is 25.6 Å². The molecule has 0 aliphatic rings. The molecule has 1 unspecified atom stereocenters. The molecule has 0 saturated carbocycles. The number of para-hydroxylation sites is 2. The number of benzene rings is 3. The molecular weight excluding hydrogens is 398 g/mol. The molecule has 0 spiro atoms. The first-order valence-electron chi connectivity index (χ1n) is 11.1. The van der Waals surface area contributed by atoms with E-state index in [4.69, 9.17) is 9.47 Å². The molecule has 4 nitrogen and oxygen atoms in total. The summed E-state index contributed by atoms with van der Waals surface area (Å²) < 4.78 is 11.9. The summed E-state index contributed by atoms with van der Waals surface area (Å²) in [5, 5.41) is 10.1. The number of nitrogens with zero attached hydrogens (tertiary/aromatic N) is 1. The highest BCUT2D eigenvalue weighted by Crippen LogP contribution is 2.23. The van der Waals surface area contributed by atoms with Crippen molar-refractivity contribution in [2.75, 3.05) is 27.2 Å². The molecule has 0 aromatic heterocycles. The van der Waals surface area contributed by atoms with E-state index < -0.39 is 6.10 Å². The summed E-state index contributed by atoms with van der Waals surface area (Å²) in [4.78, 5) is 1.95. The maximum Gasteiger partial charge on any atom is 0.126 e. The number of ether oxygens (including phenoxy) is 2. The molecule has 1 N–H and O–H groups in total. The summed E-state index contributed by atoms with van der Waals surface area (Å²) in [6, 6.07) is 26.3. The lowest BCUT2D eigenvalue weighted by Gasteiger charge is -2.17. The summed E-state index contributed by atoms with van der Waals surface area (Å²) in [5.41, 5.74) is 3.37. The molecule has 0 aliphatic carbocycles. The Balaban J connectivity index is 1.54. The lowest BCUT2D eigenvalue weighted by atomic mass is 10.1. The van der Waals surface area contributed by atoms with Gasteiger partial charge in [0.25, 0.3) is 0 Å². The number of aryl methyl sites for hydroxylation is 1. The molecule has 0 bridgehead atoms. The zero-order valence-corrected chi connectivity index (χ0v) is 19.0. The first-order chi connectivity index (χ1) is 15.6. The molecule has 0 fully saturated rings. The summed E-state index contributed by atoms with van der Waals surface area (Å²) in [6.07, 6.45) is 5.51. The zero-order chi connectivity index (χ0) is 22.6. The van der Waals surface area contributed by atoms with Gasteiger partial charge in [0, 0.05) is 12.1 Å². The van der Waals surface area contributed by atoms with Crippen molar-refractivity contribution in [3.8, 4) is 11.5 Å². The Bertz CT molecular complexity index is 969. The molecule has 1 atom stereocenters. The third-order valence-corrected chi connectivity index (χ3v) is 5.01. The maximum atomic E-state index is 10.1. The molecule has 3 aromatic rings. The fourth-order valence-electron chi connectivity index (χ4n) is 3.45. The van der Waals surface area contributed by atoms with Gasteiger partial charge in [0.2, 0.25) is 0 Å². The highest BCUT2D eigenvalue weighted by molar-refractivity contribution is 5.57. The molecule has 4 heteroatoms. The van der Waals surface area contributed by atoms with Crippen molar-refractivity contribution in [1.29, 1.82) is 0 Å². The Hall–Kier alpha value is -3.08. The number of hydrogen-bond acceptors (Lipinski definition) is 4. The van der Waals surface area contributed by atoms with Crippen LogP contribution in [0.4, 0.5) is 0 Å². The lowest BCUT2D eigenvalue weighted by molar-refractivity contribution is 0.0830.